The molecule has 26 heavy (non-hydrogen) atoms. The van der Waals surface area contributed by atoms with Crippen LogP contribution in [0, 0.1) is 6.92 Å². The Bertz CT molecular complexity index is 861. The zero-order valence-electron chi connectivity index (χ0n) is 15.3. The van der Waals surface area contributed by atoms with E-state index in [4.69, 9.17) is 0 Å². The Morgan fingerprint density at radius 1 is 1.23 bits per heavy atom. The predicted octanol–water partition coefficient (Wildman–Crippen LogP) is 2.05. The monoisotopic (exact) mass is 415 g/mol. The van der Waals surface area contributed by atoms with Gasteiger partial charge in [0, 0.05) is 17.5 Å². The molecule has 3 aromatic heterocycles. The van der Waals surface area contributed by atoms with E-state index in [1.807, 2.05) is 27.1 Å². The van der Waals surface area contributed by atoms with Gasteiger partial charge in [-0.15, -0.1) is 22.6 Å². The molecule has 0 aliphatic heterocycles. The number of rotatable bonds is 7. The summed E-state index contributed by atoms with van der Waals surface area (Å²) in [5, 5.41) is 19.3. The van der Waals surface area contributed by atoms with Gasteiger partial charge in [0.1, 0.15) is 5.03 Å². The van der Waals surface area contributed by atoms with Gasteiger partial charge in [0.2, 0.25) is 10.3 Å². The lowest BCUT2D eigenvalue weighted by Crippen LogP contribution is -2.19. The Hall–Kier alpha value is -1.43. The fourth-order valence-electron chi connectivity index (χ4n) is 2.07. The van der Waals surface area contributed by atoms with Crippen LogP contribution in [0.1, 0.15) is 19.5 Å². The average Bonchev–Trinajstić information content (AvgIpc) is 3.10. The third-order valence-corrected chi connectivity index (χ3v) is 5.01. The molecule has 0 saturated heterocycles. The molecule has 142 valence electrons. The summed E-state index contributed by atoms with van der Waals surface area (Å²) in [6.07, 6.45) is 0. The summed E-state index contributed by atoms with van der Waals surface area (Å²) in [5.74, 6) is 0.595. The average molecular weight is 416 g/mol. The van der Waals surface area contributed by atoms with E-state index in [0.717, 1.165) is 34.1 Å². The molecule has 0 N–H and O–H groups in total. The van der Waals surface area contributed by atoms with Gasteiger partial charge in [0.05, 0.1) is 6.54 Å². The highest BCUT2D eigenvalue weighted by atomic mass is 35.5. The van der Waals surface area contributed by atoms with Crippen LogP contribution in [-0.4, -0.2) is 70.6 Å². The standard InChI is InChI=1S/C14H21N9S2.ClH/c1-9(2)24-13-16-12-15-10(3)8-11(23(12)18-13)25-14-17-19-20-22(14)7-6-21(4)5;/h8-9H,6-7H2,1-5H3;1H. The van der Waals surface area contributed by atoms with Crippen LogP contribution in [0.2, 0.25) is 0 Å². The summed E-state index contributed by atoms with van der Waals surface area (Å²) in [4.78, 5) is 11.1. The number of aromatic nitrogens is 8. The summed E-state index contributed by atoms with van der Waals surface area (Å²) in [7, 11) is 4.05. The molecule has 0 aliphatic carbocycles. The minimum absolute atomic E-state index is 0. The molecule has 0 aromatic carbocycles. The lowest BCUT2D eigenvalue weighted by molar-refractivity contribution is 0.361. The van der Waals surface area contributed by atoms with Gasteiger partial charge >= 0.3 is 0 Å². The number of hydrogen-bond donors (Lipinski definition) is 0. The fourth-order valence-corrected chi connectivity index (χ4v) is 3.69. The number of likely N-dealkylation sites (N-methyl/N-ethyl adjacent to an activating group) is 1. The zero-order chi connectivity index (χ0) is 18.0. The SMILES string of the molecule is Cc1cc(Sc2nnnn2CCN(C)C)n2nc(SC(C)C)nc2n1.Cl. The van der Waals surface area contributed by atoms with E-state index >= 15 is 0 Å². The molecular weight excluding hydrogens is 394 g/mol. The predicted molar refractivity (Wildman–Crippen MR) is 104 cm³/mol. The Kier molecular flexibility index (Phi) is 7.21. The third kappa shape index (κ3) is 5.06. The molecule has 0 unspecified atom stereocenters. The van der Waals surface area contributed by atoms with Crippen LogP contribution >= 0.6 is 35.9 Å². The van der Waals surface area contributed by atoms with Gasteiger partial charge in [-0.1, -0.05) is 25.6 Å². The highest BCUT2D eigenvalue weighted by molar-refractivity contribution is 7.99. The van der Waals surface area contributed by atoms with Crippen LogP contribution in [0.5, 0.6) is 0 Å². The molecule has 12 heteroatoms. The van der Waals surface area contributed by atoms with Gasteiger partial charge in [-0.25, -0.2) is 9.67 Å². The van der Waals surface area contributed by atoms with Crippen molar-refractivity contribution in [1.82, 2.24) is 44.7 Å². The molecule has 0 fully saturated rings. The second-order valence-corrected chi connectivity index (χ2v) is 8.63. The van der Waals surface area contributed by atoms with Gasteiger partial charge in [-0.2, -0.15) is 9.50 Å². The van der Waals surface area contributed by atoms with Gasteiger partial charge in [0.25, 0.3) is 5.78 Å². The van der Waals surface area contributed by atoms with Crippen molar-refractivity contribution in [2.45, 2.75) is 47.9 Å². The van der Waals surface area contributed by atoms with Crippen LogP contribution in [0.15, 0.2) is 21.4 Å². The number of tetrazole rings is 1. The summed E-state index contributed by atoms with van der Waals surface area (Å²) in [6.45, 7) is 7.76. The number of hydrogen-bond acceptors (Lipinski definition) is 9. The fraction of sp³-hybridized carbons (Fsp3) is 0.571. The van der Waals surface area contributed by atoms with Gasteiger partial charge < -0.3 is 4.90 Å². The molecule has 9 nitrogen and oxygen atoms in total. The van der Waals surface area contributed by atoms with Crippen LogP contribution in [0.3, 0.4) is 0 Å². The Balaban J connectivity index is 0.00000243. The molecule has 0 spiro atoms. The van der Waals surface area contributed by atoms with Crippen molar-refractivity contribution in [2.24, 2.45) is 0 Å². The second kappa shape index (κ2) is 8.98. The van der Waals surface area contributed by atoms with Crippen LogP contribution in [0.25, 0.3) is 5.78 Å². The molecule has 3 aromatic rings. The van der Waals surface area contributed by atoms with Crippen molar-refractivity contribution in [3.05, 3.63) is 11.8 Å². The highest BCUT2D eigenvalue weighted by Crippen LogP contribution is 2.27. The molecular formula is C14H22ClN9S2. The minimum atomic E-state index is 0. The normalized spacial score (nSPS) is 11.5. The first-order valence-electron chi connectivity index (χ1n) is 7.92. The van der Waals surface area contributed by atoms with Crippen molar-refractivity contribution in [3.8, 4) is 0 Å². The van der Waals surface area contributed by atoms with E-state index in [-0.39, 0.29) is 12.4 Å². The maximum atomic E-state index is 4.58. The van der Waals surface area contributed by atoms with Crippen LogP contribution < -0.4 is 0 Å². The highest BCUT2D eigenvalue weighted by Gasteiger charge is 2.15. The van der Waals surface area contributed by atoms with Crippen molar-refractivity contribution < 1.29 is 0 Å². The number of aryl methyl sites for hydroxylation is 1. The molecule has 3 rings (SSSR count). The Morgan fingerprint density at radius 2 is 2.00 bits per heavy atom. The molecule has 0 saturated carbocycles. The molecule has 0 aliphatic rings. The Labute approximate surface area is 166 Å². The maximum absolute atomic E-state index is 4.58. The smallest absolute Gasteiger partial charge is 0.254 e. The van der Waals surface area contributed by atoms with E-state index in [2.05, 4.69) is 49.3 Å². The first kappa shape index (κ1) is 20.9. The third-order valence-electron chi connectivity index (χ3n) is 3.18. The van der Waals surface area contributed by atoms with Crippen molar-refractivity contribution in [1.29, 1.82) is 0 Å². The topological polar surface area (TPSA) is 89.9 Å². The van der Waals surface area contributed by atoms with Gasteiger partial charge in [-0.3, -0.25) is 0 Å². The molecule has 0 bridgehead atoms. The van der Waals surface area contributed by atoms with E-state index in [0.29, 0.717) is 11.0 Å². The summed E-state index contributed by atoms with van der Waals surface area (Å²) < 4.78 is 3.56. The van der Waals surface area contributed by atoms with Crippen molar-refractivity contribution in [2.75, 3.05) is 20.6 Å². The van der Waals surface area contributed by atoms with Gasteiger partial charge in [0.15, 0.2) is 0 Å². The van der Waals surface area contributed by atoms with Gasteiger partial charge in [-0.05, 0) is 49.3 Å². The molecule has 0 amide bonds. The maximum Gasteiger partial charge on any atom is 0.254 e. The number of halogens is 1. The Morgan fingerprint density at radius 3 is 2.69 bits per heavy atom. The summed E-state index contributed by atoms with van der Waals surface area (Å²) >= 11 is 3.09. The lowest BCUT2D eigenvalue weighted by atomic mass is 10.5. The van der Waals surface area contributed by atoms with Crippen molar-refractivity contribution >= 4 is 41.7 Å². The zero-order valence-corrected chi connectivity index (χ0v) is 17.8. The minimum Gasteiger partial charge on any atom is -0.308 e. The van der Waals surface area contributed by atoms with E-state index in [1.54, 1.807) is 21.0 Å². The van der Waals surface area contributed by atoms with E-state index < -0.39 is 0 Å². The first-order valence-corrected chi connectivity index (χ1v) is 9.62. The number of nitrogens with zero attached hydrogens (tertiary/aromatic N) is 9. The van der Waals surface area contributed by atoms with Crippen molar-refractivity contribution in [3.63, 3.8) is 0 Å². The van der Waals surface area contributed by atoms with E-state index in [9.17, 15) is 0 Å². The summed E-state index contributed by atoms with van der Waals surface area (Å²) in [6, 6.07) is 1.97. The quantitative estimate of drug-likeness (QED) is 0.424. The molecule has 0 atom stereocenters. The van der Waals surface area contributed by atoms with Crippen LogP contribution in [0.4, 0.5) is 0 Å². The molecule has 0 radical (unpaired) electrons. The van der Waals surface area contributed by atoms with E-state index in [1.165, 1.54) is 11.8 Å². The largest absolute Gasteiger partial charge is 0.308 e. The molecule has 3 heterocycles. The second-order valence-electron chi connectivity index (χ2n) is 6.10. The number of fused-ring (bicyclic) bond motifs is 1. The number of thioether (sulfide) groups is 1. The van der Waals surface area contributed by atoms with Crippen LogP contribution in [-0.2, 0) is 6.54 Å². The summed E-state index contributed by atoms with van der Waals surface area (Å²) in [5.41, 5.74) is 0.885. The lowest BCUT2D eigenvalue weighted by Gasteiger charge is -2.10. The first-order chi connectivity index (χ1) is 11.9.